The number of aliphatic hydroxyl groups excluding tert-OH is 1. The van der Waals surface area contributed by atoms with Gasteiger partial charge in [-0.25, -0.2) is 4.79 Å². The number of amides is 1. The molecule has 1 amide bonds. The van der Waals surface area contributed by atoms with E-state index < -0.39 is 30.3 Å². The molecule has 1 aromatic carbocycles. The van der Waals surface area contributed by atoms with Gasteiger partial charge in [0, 0.05) is 18.5 Å². The number of carboxylic acids is 1. The summed E-state index contributed by atoms with van der Waals surface area (Å²) in [5.74, 6) is -1.45. The topological polar surface area (TPSA) is 122 Å². The second kappa shape index (κ2) is 10.8. The van der Waals surface area contributed by atoms with Gasteiger partial charge in [-0.15, -0.1) is 25.7 Å². The zero-order valence-electron chi connectivity index (χ0n) is 13.0. The molecule has 0 unspecified atom stereocenters. The first-order valence-corrected chi connectivity index (χ1v) is 6.85. The number of hydrogen-bond donors (Lipinski definition) is 4. The predicted molar refractivity (Wildman–Crippen MR) is 89.9 cm³/mol. The number of nitrogens with two attached hydrogens (primary N) is 1. The van der Waals surface area contributed by atoms with Crippen molar-refractivity contribution in [3.8, 4) is 25.7 Å². The molecule has 24 heavy (non-hydrogen) atoms. The molecule has 1 heterocycles. The van der Waals surface area contributed by atoms with Gasteiger partial charge < -0.3 is 26.0 Å². The summed E-state index contributed by atoms with van der Waals surface area (Å²) >= 11 is 0. The molecule has 1 aliphatic rings. The molecule has 1 saturated heterocycles. The smallest absolute Gasteiger partial charge is 0.335 e. The van der Waals surface area contributed by atoms with Crippen LogP contribution in [0.4, 0.5) is 5.69 Å². The second-order valence-corrected chi connectivity index (χ2v) is 4.66. The van der Waals surface area contributed by atoms with Crippen LogP contribution in [-0.4, -0.2) is 40.5 Å². The SMILES string of the molecule is C#C.C#C.N[C@H]1C[C@@H](O)C[C@@H](C(=O)Nc2ccc(C(=O)O)cc2)O1. The number of nitrogens with one attached hydrogen (secondary N) is 1. The minimum Gasteiger partial charge on any atom is -0.478 e. The minimum atomic E-state index is -1.03. The van der Waals surface area contributed by atoms with E-state index in [0.717, 1.165) is 0 Å². The molecule has 0 bridgehead atoms. The van der Waals surface area contributed by atoms with Crippen LogP contribution in [0.5, 0.6) is 0 Å². The van der Waals surface area contributed by atoms with Gasteiger partial charge in [0.1, 0.15) is 12.3 Å². The maximum atomic E-state index is 12.0. The highest BCUT2D eigenvalue weighted by Crippen LogP contribution is 2.19. The van der Waals surface area contributed by atoms with E-state index >= 15 is 0 Å². The van der Waals surface area contributed by atoms with Gasteiger partial charge in [0.25, 0.3) is 5.91 Å². The van der Waals surface area contributed by atoms with Crippen LogP contribution in [0.15, 0.2) is 24.3 Å². The van der Waals surface area contributed by atoms with Gasteiger partial charge in [-0.1, -0.05) is 0 Å². The molecule has 128 valence electrons. The third-order valence-electron chi connectivity index (χ3n) is 3.02. The Morgan fingerprint density at radius 3 is 2.12 bits per heavy atom. The summed E-state index contributed by atoms with van der Waals surface area (Å²) in [5, 5.41) is 20.9. The Morgan fingerprint density at radius 1 is 1.12 bits per heavy atom. The van der Waals surface area contributed by atoms with Crippen molar-refractivity contribution in [2.45, 2.75) is 31.3 Å². The normalized spacial score (nSPS) is 21.8. The average molecular weight is 332 g/mol. The summed E-state index contributed by atoms with van der Waals surface area (Å²) in [7, 11) is 0. The third kappa shape index (κ3) is 6.51. The molecule has 1 aliphatic heterocycles. The van der Waals surface area contributed by atoms with E-state index in [1.807, 2.05) is 0 Å². The summed E-state index contributed by atoms with van der Waals surface area (Å²) in [4.78, 5) is 22.7. The van der Waals surface area contributed by atoms with Crippen LogP contribution < -0.4 is 11.1 Å². The summed E-state index contributed by atoms with van der Waals surface area (Å²) in [6.45, 7) is 0. The molecule has 5 N–H and O–H groups in total. The fourth-order valence-corrected chi connectivity index (χ4v) is 2.02. The van der Waals surface area contributed by atoms with E-state index in [4.69, 9.17) is 15.6 Å². The van der Waals surface area contributed by atoms with Crippen LogP contribution in [0.3, 0.4) is 0 Å². The largest absolute Gasteiger partial charge is 0.478 e. The van der Waals surface area contributed by atoms with Gasteiger partial charge in [0.05, 0.1) is 11.7 Å². The van der Waals surface area contributed by atoms with Crippen LogP contribution >= 0.6 is 0 Å². The number of terminal acetylenes is 2. The number of aliphatic hydroxyl groups is 1. The Balaban J connectivity index is 0.00000123. The molecular weight excluding hydrogens is 312 g/mol. The molecule has 0 aliphatic carbocycles. The summed E-state index contributed by atoms with van der Waals surface area (Å²) in [6, 6.07) is 5.75. The number of ether oxygens (including phenoxy) is 1. The first kappa shape index (κ1) is 21.2. The number of carboxylic acid groups (broad SMARTS) is 1. The molecule has 1 fully saturated rings. The summed E-state index contributed by atoms with van der Waals surface area (Å²) in [6.07, 6.45) is 14.4. The maximum absolute atomic E-state index is 12.0. The zero-order chi connectivity index (χ0) is 18.7. The van der Waals surface area contributed by atoms with E-state index in [2.05, 4.69) is 31.0 Å². The predicted octanol–water partition coefficient (Wildman–Crippen LogP) is 0.647. The van der Waals surface area contributed by atoms with Crippen LogP contribution in [0, 0.1) is 25.7 Å². The number of rotatable bonds is 3. The van der Waals surface area contributed by atoms with Crippen molar-refractivity contribution >= 4 is 17.6 Å². The zero-order valence-corrected chi connectivity index (χ0v) is 13.0. The van der Waals surface area contributed by atoms with E-state index in [0.29, 0.717) is 12.1 Å². The van der Waals surface area contributed by atoms with E-state index in [-0.39, 0.29) is 12.0 Å². The lowest BCUT2D eigenvalue weighted by molar-refractivity contribution is -0.143. The Kier molecular flexibility index (Phi) is 9.53. The van der Waals surface area contributed by atoms with Crippen LogP contribution in [0.25, 0.3) is 0 Å². The Labute approximate surface area is 140 Å². The molecular formula is C17H20N2O5. The minimum absolute atomic E-state index is 0.134. The number of aromatic carboxylic acids is 1. The number of hydrogen-bond acceptors (Lipinski definition) is 5. The second-order valence-electron chi connectivity index (χ2n) is 4.66. The lowest BCUT2D eigenvalue weighted by Crippen LogP contribution is -2.45. The molecule has 2 rings (SSSR count). The van der Waals surface area contributed by atoms with Gasteiger partial charge in [-0.05, 0) is 24.3 Å². The van der Waals surface area contributed by atoms with Gasteiger partial charge in [-0.2, -0.15) is 0 Å². The number of anilines is 1. The number of benzene rings is 1. The first-order valence-electron chi connectivity index (χ1n) is 6.85. The molecule has 7 nitrogen and oxygen atoms in total. The standard InChI is InChI=1S/C13H16N2O5.2C2H2/c14-11-6-9(16)5-10(20-11)12(17)15-8-3-1-7(2-4-8)13(18)19;2*1-2/h1-4,9-11,16H,5-6,14H2,(H,15,17)(H,18,19);2*1-2H/t9-,10-,11+;;/m0../s1. The molecule has 1 aromatic rings. The van der Waals surface area contributed by atoms with Crippen molar-refractivity contribution in [1.29, 1.82) is 0 Å². The van der Waals surface area contributed by atoms with E-state index in [9.17, 15) is 14.7 Å². The highest BCUT2D eigenvalue weighted by atomic mass is 16.5. The van der Waals surface area contributed by atoms with Gasteiger partial charge >= 0.3 is 5.97 Å². The van der Waals surface area contributed by atoms with Crippen molar-refractivity contribution in [1.82, 2.24) is 0 Å². The molecule has 7 heteroatoms. The molecule has 3 atom stereocenters. The lowest BCUT2D eigenvalue weighted by Gasteiger charge is -2.30. The lowest BCUT2D eigenvalue weighted by atomic mass is 10.0. The third-order valence-corrected chi connectivity index (χ3v) is 3.02. The quantitative estimate of drug-likeness (QED) is 0.603. The molecule has 0 saturated carbocycles. The van der Waals surface area contributed by atoms with Gasteiger partial charge in [0.15, 0.2) is 0 Å². The van der Waals surface area contributed by atoms with Crippen molar-refractivity contribution in [3.05, 3.63) is 29.8 Å². The Bertz CT molecular complexity index is 564. The molecule has 0 radical (unpaired) electrons. The number of carbonyl (C=O) groups excluding carboxylic acids is 1. The highest BCUT2D eigenvalue weighted by Gasteiger charge is 2.31. The average Bonchev–Trinajstić information content (AvgIpc) is 2.58. The van der Waals surface area contributed by atoms with Crippen molar-refractivity contribution in [2.75, 3.05) is 5.32 Å². The van der Waals surface area contributed by atoms with Crippen molar-refractivity contribution in [3.63, 3.8) is 0 Å². The summed E-state index contributed by atoms with van der Waals surface area (Å²) in [5.41, 5.74) is 6.16. The van der Waals surface area contributed by atoms with Gasteiger partial charge in [-0.3, -0.25) is 4.79 Å². The maximum Gasteiger partial charge on any atom is 0.335 e. The van der Waals surface area contributed by atoms with Crippen molar-refractivity contribution in [2.24, 2.45) is 5.73 Å². The van der Waals surface area contributed by atoms with Crippen LogP contribution in [-0.2, 0) is 9.53 Å². The van der Waals surface area contributed by atoms with Crippen LogP contribution in [0.1, 0.15) is 23.2 Å². The van der Waals surface area contributed by atoms with Gasteiger partial charge in [0.2, 0.25) is 0 Å². The summed E-state index contributed by atoms with van der Waals surface area (Å²) < 4.78 is 5.26. The highest BCUT2D eigenvalue weighted by molar-refractivity contribution is 5.95. The monoisotopic (exact) mass is 332 g/mol. The Hall–Kier alpha value is -2.84. The fraction of sp³-hybridized carbons (Fsp3) is 0.294. The first-order chi connectivity index (χ1) is 11.5. The van der Waals surface area contributed by atoms with Crippen LogP contribution in [0.2, 0.25) is 0 Å². The van der Waals surface area contributed by atoms with Crippen molar-refractivity contribution < 1.29 is 24.5 Å². The van der Waals surface area contributed by atoms with E-state index in [1.165, 1.54) is 24.3 Å². The van der Waals surface area contributed by atoms with E-state index in [1.54, 1.807) is 0 Å². The molecule has 0 aromatic heterocycles. The molecule has 0 spiro atoms. The fourth-order valence-electron chi connectivity index (χ4n) is 2.02. The Morgan fingerprint density at radius 2 is 1.67 bits per heavy atom. The number of carbonyl (C=O) groups is 2.